The Labute approximate surface area is 123 Å². The van der Waals surface area contributed by atoms with E-state index >= 15 is 0 Å². The zero-order valence-corrected chi connectivity index (χ0v) is 12.9. The lowest BCUT2D eigenvalue weighted by Crippen LogP contribution is -2.23. The van der Waals surface area contributed by atoms with Crippen LogP contribution in [0.4, 0.5) is 10.1 Å². The highest BCUT2D eigenvalue weighted by Crippen LogP contribution is 2.30. The molecule has 4 heteroatoms. The fourth-order valence-electron chi connectivity index (χ4n) is 2.25. The zero-order chi connectivity index (χ0) is 14.7. The Hall–Kier alpha value is -1.39. The molecule has 2 rings (SSSR count). The molecule has 0 radical (unpaired) electrons. The SMILES string of the molecule is CCN(Cc1cccs1)c1cc(C)c(F)cc1[C@@H](C)O. The van der Waals surface area contributed by atoms with Gasteiger partial charge in [0.05, 0.1) is 12.6 Å². The van der Waals surface area contributed by atoms with Crippen LogP contribution in [0, 0.1) is 12.7 Å². The summed E-state index contributed by atoms with van der Waals surface area (Å²) in [6.07, 6.45) is -0.683. The summed E-state index contributed by atoms with van der Waals surface area (Å²) in [6.45, 7) is 7.08. The number of hydrogen-bond acceptors (Lipinski definition) is 3. The highest BCUT2D eigenvalue weighted by molar-refractivity contribution is 7.09. The third kappa shape index (κ3) is 3.19. The number of halogens is 1. The molecule has 0 saturated heterocycles. The van der Waals surface area contributed by atoms with Crippen molar-refractivity contribution >= 4 is 17.0 Å². The second-order valence-corrected chi connectivity index (χ2v) is 5.96. The van der Waals surface area contributed by atoms with Crippen LogP contribution < -0.4 is 4.90 Å². The van der Waals surface area contributed by atoms with E-state index in [1.54, 1.807) is 25.2 Å². The molecule has 1 atom stereocenters. The molecule has 1 heterocycles. The van der Waals surface area contributed by atoms with Gasteiger partial charge in [0.2, 0.25) is 0 Å². The Bertz CT molecular complexity index is 566. The van der Waals surface area contributed by atoms with Gasteiger partial charge in [-0.2, -0.15) is 0 Å². The first-order valence-corrected chi connectivity index (χ1v) is 7.66. The average Bonchev–Trinajstić information content (AvgIpc) is 2.91. The summed E-state index contributed by atoms with van der Waals surface area (Å²) < 4.78 is 13.7. The number of aliphatic hydroxyl groups is 1. The summed E-state index contributed by atoms with van der Waals surface area (Å²) in [5.74, 6) is -0.267. The van der Waals surface area contributed by atoms with Gasteiger partial charge < -0.3 is 10.0 Å². The van der Waals surface area contributed by atoms with Crippen molar-refractivity contribution in [3.8, 4) is 0 Å². The molecule has 0 saturated carbocycles. The third-order valence-corrected chi connectivity index (χ3v) is 4.27. The standard InChI is InChI=1S/C16H20FNOS/c1-4-18(10-13-6-5-7-20-13)16-8-11(2)15(17)9-14(16)12(3)19/h5-9,12,19H,4,10H2,1-3H3/t12-/m1/s1. The molecule has 2 nitrogen and oxygen atoms in total. The lowest BCUT2D eigenvalue weighted by Gasteiger charge is -2.27. The number of thiophene rings is 1. The van der Waals surface area contributed by atoms with Crippen molar-refractivity contribution in [2.45, 2.75) is 33.4 Å². The average molecular weight is 293 g/mol. The highest BCUT2D eigenvalue weighted by Gasteiger charge is 2.16. The van der Waals surface area contributed by atoms with Crippen molar-refractivity contribution in [2.75, 3.05) is 11.4 Å². The Morgan fingerprint density at radius 2 is 2.15 bits per heavy atom. The van der Waals surface area contributed by atoms with Crippen LogP contribution in [0.15, 0.2) is 29.6 Å². The van der Waals surface area contributed by atoms with Crippen molar-refractivity contribution in [1.29, 1.82) is 0 Å². The second-order valence-electron chi connectivity index (χ2n) is 4.93. The van der Waals surface area contributed by atoms with Gasteiger partial charge in [-0.1, -0.05) is 6.07 Å². The molecule has 0 amide bonds. The number of benzene rings is 1. The summed E-state index contributed by atoms with van der Waals surface area (Å²) in [7, 11) is 0. The van der Waals surface area contributed by atoms with Crippen molar-refractivity contribution in [3.05, 3.63) is 51.5 Å². The predicted molar refractivity (Wildman–Crippen MR) is 82.8 cm³/mol. The van der Waals surface area contributed by atoms with Crippen LogP contribution in [0.1, 0.15) is 36.0 Å². The van der Waals surface area contributed by atoms with Gasteiger partial charge in [0, 0.05) is 22.7 Å². The molecule has 0 unspecified atom stereocenters. The van der Waals surface area contributed by atoms with Crippen LogP contribution in [0.5, 0.6) is 0 Å². The van der Waals surface area contributed by atoms with Crippen LogP contribution in [-0.2, 0) is 6.54 Å². The van der Waals surface area contributed by atoms with Gasteiger partial charge in [-0.25, -0.2) is 4.39 Å². The third-order valence-electron chi connectivity index (χ3n) is 3.41. The normalized spacial score (nSPS) is 12.4. The van der Waals surface area contributed by atoms with E-state index < -0.39 is 6.10 Å². The van der Waals surface area contributed by atoms with Gasteiger partial charge in [-0.3, -0.25) is 0 Å². The molecule has 1 N–H and O–H groups in total. The quantitative estimate of drug-likeness (QED) is 0.889. The molecule has 0 aliphatic carbocycles. The second kappa shape index (κ2) is 6.37. The monoisotopic (exact) mass is 293 g/mol. The minimum Gasteiger partial charge on any atom is -0.389 e. The molecule has 0 fully saturated rings. The Morgan fingerprint density at radius 1 is 1.40 bits per heavy atom. The highest BCUT2D eigenvalue weighted by atomic mass is 32.1. The number of hydrogen-bond donors (Lipinski definition) is 1. The number of rotatable bonds is 5. The van der Waals surface area contributed by atoms with Crippen molar-refractivity contribution < 1.29 is 9.50 Å². The summed E-state index contributed by atoms with van der Waals surface area (Å²) in [5.41, 5.74) is 2.16. The van der Waals surface area contributed by atoms with Crippen LogP contribution in [0.2, 0.25) is 0 Å². The number of aryl methyl sites for hydroxylation is 1. The summed E-state index contributed by atoms with van der Waals surface area (Å²) in [5, 5.41) is 11.9. The van der Waals surface area contributed by atoms with E-state index in [-0.39, 0.29) is 5.82 Å². The van der Waals surface area contributed by atoms with Gasteiger partial charge in [-0.15, -0.1) is 11.3 Å². The van der Waals surface area contributed by atoms with Crippen molar-refractivity contribution in [3.63, 3.8) is 0 Å². The van der Waals surface area contributed by atoms with Gasteiger partial charge >= 0.3 is 0 Å². The first-order valence-electron chi connectivity index (χ1n) is 6.78. The molecule has 0 spiro atoms. The van der Waals surface area contributed by atoms with E-state index in [2.05, 4.69) is 23.3 Å². The number of anilines is 1. The molecule has 0 aliphatic heterocycles. The van der Waals surface area contributed by atoms with Crippen LogP contribution in [0.3, 0.4) is 0 Å². The smallest absolute Gasteiger partial charge is 0.126 e. The predicted octanol–water partition coefficient (Wildman–Crippen LogP) is 4.28. The van der Waals surface area contributed by atoms with E-state index in [4.69, 9.17) is 0 Å². The van der Waals surface area contributed by atoms with E-state index in [1.165, 1.54) is 10.9 Å². The van der Waals surface area contributed by atoms with E-state index in [0.717, 1.165) is 18.8 Å². The zero-order valence-electron chi connectivity index (χ0n) is 12.1. The lowest BCUT2D eigenvalue weighted by atomic mass is 10.0. The maximum atomic E-state index is 13.7. The van der Waals surface area contributed by atoms with Gasteiger partial charge in [0.1, 0.15) is 5.82 Å². The van der Waals surface area contributed by atoms with Crippen LogP contribution >= 0.6 is 11.3 Å². The maximum Gasteiger partial charge on any atom is 0.126 e. The minimum absolute atomic E-state index is 0.267. The van der Waals surface area contributed by atoms with Gasteiger partial charge in [-0.05, 0) is 49.9 Å². The Kier molecular flexibility index (Phi) is 4.78. The molecule has 1 aromatic heterocycles. The molecule has 108 valence electrons. The van der Waals surface area contributed by atoms with Crippen LogP contribution in [-0.4, -0.2) is 11.7 Å². The molecule has 20 heavy (non-hydrogen) atoms. The number of nitrogens with zero attached hydrogens (tertiary/aromatic N) is 1. The molecular formula is C16H20FNOS. The molecule has 2 aromatic rings. The maximum absolute atomic E-state index is 13.7. The number of aliphatic hydroxyl groups excluding tert-OH is 1. The summed E-state index contributed by atoms with van der Waals surface area (Å²) >= 11 is 1.70. The van der Waals surface area contributed by atoms with E-state index in [9.17, 15) is 9.50 Å². The Morgan fingerprint density at radius 3 is 2.70 bits per heavy atom. The van der Waals surface area contributed by atoms with E-state index in [0.29, 0.717) is 11.1 Å². The summed E-state index contributed by atoms with van der Waals surface area (Å²) in [4.78, 5) is 3.42. The van der Waals surface area contributed by atoms with E-state index in [1.807, 2.05) is 12.1 Å². The molecule has 0 bridgehead atoms. The summed E-state index contributed by atoms with van der Waals surface area (Å²) in [6, 6.07) is 7.39. The molecular weight excluding hydrogens is 273 g/mol. The topological polar surface area (TPSA) is 23.5 Å². The lowest BCUT2D eigenvalue weighted by molar-refractivity contribution is 0.199. The van der Waals surface area contributed by atoms with Crippen molar-refractivity contribution in [2.24, 2.45) is 0 Å². The first-order chi connectivity index (χ1) is 9.52. The van der Waals surface area contributed by atoms with Crippen LogP contribution in [0.25, 0.3) is 0 Å². The fourth-order valence-corrected chi connectivity index (χ4v) is 2.97. The largest absolute Gasteiger partial charge is 0.389 e. The van der Waals surface area contributed by atoms with Gasteiger partial charge in [0.25, 0.3) is 0 Å². The molecule has 0 aliphatic rings. The minimum atomic E-state index is -0.683. The first kappa shape index (κ1) is 15.0. The Balaban J connectivity index is 2.39. The van der Waals surface area contributed by atoms with Crippen molar-refractivity contribution in [1.82, 2.24) is 0 Å². The van der Waals surface area contributed by atoms with Gasteiger partial charge in [0.15, 0.2) is 0 Å². The fraction of sp³-hybridized carbons (Fsp3) is 0.375. The molecule has 1 aromatic carbocycles.